The fourth-order valence-corrected chi connectivity index (χ4v) is 4.60. The van der Waals surface area contributed by atoms with Gasteiger partial charge in [0.05, 0.1) is 16.0 Å². The molecule has 0 radical (unpaired) electrons. The maximum atomic E-state index is 13.3. The predicted molar refractivity (Wildman–Crippen MR) is 125 cm³/mol. The number of amides is 1. The number of fused-ring (bicyclic) bond motifs is 1. The smallest absolute Gasteiger partial charge is 0.260 e. The molecule has 4 rings (SSSR count). The summed E-state index contributed by atoms with van der Waals surface area (Å²) in [6, 6.07) is 13.1. The Labute approximate surface area is 191 Å². The van der Waals surface area contributed by atoms with Gasteiger partial charge in [-0.05, 0) is 36.8 Å². The highest BCUT2D eigenvalue weighted by Crippen LogP contribution is 2.33. The van der Waals surface area contributed by atoms with Gasteiger partial charge >= 0.3 is 0 Å². The van der Waals surface area contributed by atoms with Gasteiger partial charge in [-0.15, -0.1) is 12.4 Å². The zero-order valence-corrected chi connectivity index (χ0v) is 19.1. The summed E-state index contributed by atoms with van der Waals surface area (Å²) in [5.41, 5.74) is 1.34. The Morgan fingerprint density at radius 1 is 1.24 bits per heavy atom. The molecule has 2 aromatic carbocycles. The number of halogens is 3. The van der Waals surface area contributed by atoms with Crippen LogP contribution in [0, 0.1) is 0 Å². The predicted octanol–water partition coefficient (Wildman–Crippen LogP) is 6.07. The van der Waals surface area contributed by atoms with Crippen molar-refractivity contribution in [3.05, 3.63) is 76.2 Å². The molecule has 1 amide bonds. The lowest BCUT2D eigenvalue weighted by Crippen LogP contribution is -2.32. The number of aromatic nitrogens is 3. The van der Waals surface area contributed by atoms with Gasteiger partial charge in [-0.3, -0.25) is 9.69 Å². The van der Waals surface area contributed by atoms with Crippen molar-refractivity contribution < 1.29 is 4.79 Å². The number of hydrogen-bond donors (Lipinski definition) is 0. The van der Waals surface area contributed by atoms with Gasteiger partial charge in [-0.2, -0.15) is 0 Å². The van der Waals surface area contributed by atoms with Gasteiger partial charge in [-0.1, -0.05) is 51.0 Å². The number of anilines is 1. The Bertz CT molecular complexity index is 1120. The van der Waals surface area contributed by atoms with Crippen LogP contribution in [-0.2, 0) is 6.54 Å². The molecule has 0 fully saturated rings. The number of benzene rings is 2. The number of para-hydroxylation sites is 1. The number of rotatable bonds is 6. The van der Waals surface area contributed by atoms with Crippen molar-refractivity contribution in [2.24, 2.45) is 0 Å². The third-order valence-electron chi connectivity index (χ3n) is 4.26. The number of hydrogen-bond acceptors (Lipinski definition) is 4. The summed E-state index contributed by atoms with van der Waals surface area (Å²) in [6.45, 7) is 1.31. The summed E-state index contributed by atoms with van der Waals surface area (Å²) >= 11 is 11.2. The molecule has 0 N–H and O–H groups in total. The van der Waals surface area contributed by atoms with Crippen molar-refractivity contribution in [2.75, 3.05) is 11.4 Å². The van der Waals surface area contributed by atoms with Gasteiger partial charge in [0.2, 0.25) is 0 Å². The van der Waals surface area contributed by atoms with Gasteiger partial charge in [0.15, 0.2) is 5.13 Å². The highest BCUT2D eigenvalue weighted by molar-refractivity contribution is 9.10. The van der Waals surface area contributed by atoms with Crippen LogP contribution in [0.1, 0.15) is 16.8 Å². The fourth-order valence-electron chi connectivity index (χ4n) is 2.91. The van der Waals surface area contributed by atoms with Crippen LogP contribution in [0.4, 0.5) is 5.13 Å². The van der Waals surface area contributed by atoms with Crippen LogP contribution in [0.3, 0.4) is 0 Å². The molecule has 0 bridgehead atoms. The van der Waals surface area contributed by atoms with E-state index in [0.29, 0.717) is 22.3 Å². The highest BCUT2D eigenvalue weighted by Gasteiger charge is 2.22. The molecule has 2 aromatic heterocycles. The molecule has 4 aromatic rings. The molecular formula is C20H17BrCl2N4OS. The first-order valence-electron chi connectivity index (χ1n) is 8.70. The van der Waals surface area contributed by atoms with Gasteiger partial charge in [0.25, 0.3) is 5.91 Å². The van der Waals surface area contributed by atoms with Crippen molar-refractivity contribution in [1.82, 2.24) is 14.5 Å². The Balaban J connectivity index is 0.00000240. The Morgan fingerprint density at radius 3 is 2.79 bits per heavy atom. The van der Waals surface area contributed by atoms with E-state index in [-0.39, 0.29) is 18.3 Å². The minimum absolute atomic E-state index is 0. The van der Waals surface area contributed by atoms with Crippen molar-refractivity contribution in [2.45, 2.75) is 13.0 Å². The van der Waals surface area contributed by atoms with E-state index in [2.05, 4.69) is 25.9 Å². The van der Waals surface area contributed by atoms with E-state index in [4.69, 9.17) is 11.6 Å². The van der Waals surface area contributed by atoms with Crippen LogP contribution in [0.25, 0.3) is 10.2 Å². The number of thiazole rings is 1. The Kier molecular flexibility index (Phi) is 7.29. The molecule has 0 saturated carbocycles. The van der Waals surface area contributed by atoms with Gasteiger partial charge < -0.3 is 4.57 Å². The van der Waals surface area contributed by atoms with E-state index in [0.717, 1.165) is 27.7 Å². The zero-order chi connectivity index (χ0) is 19.5. The second-order valence-corrected chi connectivity index (χ2v) is 8.54. The number of aryl methyl sites for hydroxylation is 1. The van der Waals surface area contributed by atoms with Crippen molar-refractivity contribution in [1.29, 1.82) is 0 Å². The lowest BCUT2D eigenvalue weighted by Gasteiger charge is -2.20. The van der Waals surface area contributed by atoms with E-state index in [1.165, 1.54) is 11.3 Å². The summed E-state index contributed by atoms with van der Waals surface area (Å²) < 4.78 is 3.82. The first-order chi connectivity index (χ1) is 13.6. The molecule has 0 aliphatic heterocycles. The third kappa shape index (κ3) is 4.98. The average molecular weight is 512 g/mol. The van der Waals surface area contributed by atoms with E-state index in [9.17, 15) is 4.79 Å². The standard InChI is InChI=1S/C20H16BrClN4OS.ClH/c21-15-5-1-4-14(12-15)19(27)26(10-3-9-25-11-8-23-13-25)20-24-18-16(22)6-2-7-17(18)28-20;/h1-2,4-8,11-13H,3,9-10H2;1H. The molecule has 5 nitrogen and oxygen atoms in total. The minimum Gasteiger partial charge on any atom is -0.337 e. The van der Waals surface area contributed by atoms with Crippen molar-refractivity contribution in [3.63, 3.8) is 0 Å². The summed E-state index contributed by atoms with van der Waals surface area (Å²) in [4.78, 5) is 23.7. The van der Waals surface area contributed by atoms with Gasteiger partial charge in [0, 0.05) is 35.5 Å². The highest BCUT2D eigenvalue weighted by atomic mass is 79.9. The fraction of sp³-hybridized carbons (Fsp3) is 0.150. The molecular weight excluding hydrogens is 495 g/mol. The molecule has 0 saturated heterocycles. The number of carbonyl (C=O) groups is 1. The normalized spacial score (nSPS) is 10.7. The lowest BCUT2D eigenvalue weighted by molar-refractivity contribution is 0.0986. The first-order valence-corrected chi connectivity index (χ1v) is 10.7. The summed E-state index contributed by atoms with van der Waals surface area (Å²) in [5, 5.41) is 1.24. The third-order valence-corrected chi connectivity index (χ3v) is 6.11. The molecule has 0 spiro atoms. The second kappa shape index (κ2) is 9.71. The van der Waals surface area contributed by atoms with Crippen LogP contribution < -0.4 is 4.90 Å². The van der Waals surface area contributed by atoms with Gasteiger partial charge in [-0.25, -0.2) is 9.97 Å². The minimum atomic E-state index is -0.0814. The summed E-state index contributed by atoms with van der Waals surface area (Å²) in [7, 11) is 0. The Hall–Kier alpha value is -1.93. The van der Waals surface area contributed by atoms with Crippen LogP contribution >= 0.6 is 51.3 Å². The zero-order valence-electron chi connectivity index (χ0n) is 15.2. The topological polar surface area (TPSA) is 51.0 Å². The van der Waals surface area contributed by atoms with E-state index < -0.39 is 0 Å². The van der Waals surface area contributed by atoms with Crippen LogP contribution in [-0.4, -0.2) is 27.0 Å². The van der Waals surface area contributed by atoms with Crippen LogP contribution in [0.2, 0.25) is 5.02 Å². The maximum Gasteiger partial charge on any atom is 0.260 e. The molecule has 2 heterocycles. The SMILES string of the molecule is Cl.O=C(c1cccc(Br)c1)N(CCCn1ccnc1)c1nc2c(Cl)cccc2s1. The molecule has 0 aliphatic rings. The summed E-state index contributed by atoms with van der Waals surface area (Å²) in [6.07, 6.45) is 6.22. The first kappa shape index (κ1) is 21.8. The lowest BCUT2D eigenvalue weighted by atomic mass is 10.2. The molecule has 150 valence electrons. The molecule has 0 atom stereocenters. The number of carbonyl (C=O) groups excluding carboxylic acids is 1. The molecule has 9 heteroatoms. The average Bonchev–Trinajstić information content (AvgIpc) is 3.35. The molecule has 0 unspecified atom stereocenters. The monoisotopic (exact) mass is 510 g/mol. The quantitative estimate of drug-likeness (QED) is 0.315. The molecule has 29 heavy (non-hydrogen) atoms. The van der Waals surface area contributed by atoms with E-state index in [1.54, 1.807) is 17.4 Å². The van der Waals surface area contributed by atoms with Crippen LogP contribution in [0.5, 0.6) is 0 Å². The van der Waals surface area contributed by atoms with Gasteiger partial charge in [0.1, 0.15) is 5.52 Å². The maximum absolute atomic E-state index is 13.3. The van der Waals surface area contributed by atoms with E-state index >= 15 is 0 Å². The van der Waals surface area contributed by atoms with Crippen molar-refractivity contribution in [3.8, 4) is 0 Å². The second-order valence-electron chi connectivity index (χ2n) is 6.20. The largest absolute Gasteiger partial charge is 0.337 e. The van der Waals surface area contributed by atoms with E-state index in [1.807, 2.05) is 53.2 Å². The molecule has 0 aliphatic carbocycles. The number of nitrogens with zero attached hydrogens (tertiary/aromatic N) is 4. The number of imidazole rings is 1. The Morgan fingerprint density at radius 2 is 2.07 bits per heavy atom. The van der Waals surface area contributed by atoms with Crippen LogP contribution in [0.15, 0.2) is 65.7 Å². The summed E-state index contributed by atoms with van der Waals surface area (Å²) in [5.74, 6) is -0.0814. The van der Waals surface area contributed by atoms with Crippen molar-refractivity contribution >= 4 is 72.5 Å².